The van der Waals surface area contributed by atoms with Gasteiger partial charge >= 0.3 is 0 Å². The number of unbranched alkanes of at least 4 members (excludes halogenated alkanes) is 1. The van der Waals surface area contributed by atoms with Crippen LogP contribution in [-0.4, -0.2) is 13.2 Å². The van der Waals surface area contributed by atoms with Crippen LogP contribution in [0.2, 0.25) is 0 Å². The van der Waals surface area contributed by atoms with Crippen molar-refractivity contribution in [2.75, 3.05) is 18.5 Å². The molecular formula is C19H25NO. The Bertz CT molecular complexity index is 510. The average molecular weight is 283 g/mol. The molecule has 0 aliphatic carbocycles. The third kappa shape index (κ3) is 5.90. The Morgan fingerprint density at radius 3 is 2.62 bits per heavy atom. The van der Waals surface area contributed by atoms with Crippen molar-refractivity contribution < 1.29 is 4.74 Å². The Balaban J connectivity index is 1.71. The maximum Gasteiger partial charge on any atom is 0.121 e. The van der Waals surface area contributed by atoms with Crippen molar-refractivity contribution in [2.45, 2.75) is 32.6 Å². The lowest BCUT2D eigenvalue weighted by Gasteiger charge is -2.09. The van der Waals surface area contributed by atoms with Crippen LogP contribution in [0.5, 0.6) is 5.75 Å². The van der Waals surface area contributed by atoms with Gasteiger partial charge in [-0.1, -0.05) is 49.7 Å². The quantitative estimate of drug-likeness (QED) is 0.660. The van der Waals surface area contributed by atoms with E-state index in [-0.39, 0.29) is 0 Å². The van der Waals surface area contributed by atoms with Crippen molar-refractivity contribution in [2.24, 2.45) is 0 Å². The molecule has 21 heavy (non-hydrogen) atoms. The van der Waals surface area contributed by atoms with Crippen LogP contribution in [0, 0.1) is 0 Å². The fourth-order valence-electron chi connectivity index (χ4n) is 2.22. The second kappa shape index (κ2) is 9.06. The SMILES string of the molecule is CCCCNc1cccc(OCCCc2ccccc2)c1. The van der Waals surface area contributed by atoms with E-state index in [4.69, 9.17) is 4.74 Å². The van der Waals surface area contributed by atoms with Crippen LogP contribution in [0.1, 0.15) is 31.7 Å². The number of benzene rings is 2. The largest absolute Gasteiger partial charge is 0.494 e. The molecule has 1 N–H and O–H groups in total. The van der Waals surface area contributed by atoms with Crippen molar-refractivity contribution in [3.8, 4) is 5.75 Å². The first-order valence-electron chi connectivity index (χ1n) is 7.89. The summed E-state index contributed by atoms with van der Waals surface area (Å²) in [7, 11) is 0. The van der Waals surface area contributed by atoms with Crippen LogP contribution in [0.25, 0.3) is 0 Å². The standard InChI is InChI=1S/C19H25NO/c1-2-3-14-20-18-12-7-13-19(16-18)21-15-8-11-17-9-5-4-6-10-17/h4-7,9-10,12-13,16,20H,2-3,8,11,14-15H2,1H3. The molecule has 2 nitrogen and oxygen atoms in total. The Labute approximate surface area is 128 Å². The van der Waals surface area contributed by atoms with E-state index >= 15 is 0 Å². The van der Waals surface area contributed by atoms with Crippen molar-refractivity contribution >= 4 is 5.69 Å². The van der Waals surface area contributed by atoms with Crippen LogP contribution in [-0.2, 0) is 6.42 Å². The first-order chi connectivity index (χ1) is 10.4. The molecule has 0 bridgehead atoms. The van der Waals surface area contributed by atoms with Gasteiger partial charge < -0.3 is 10.1 Å². The highest BCUT2D eigenvalue weighted by Gasteiger charge is 1.97. The van der Waals surface area contributed by atoms with Gasteiger partial charge in [0.2, 0.25) is 0 Å². The van der Waals surface area contributed by atoms with E-state index in [2.05, 4.69) is 54.7 Å². The summed E-state index contributed by atoms with van der Waals surface area (Å²) in [5.74, 6) is 0.949. The Kier molecular flexibility index (Phi) is 6.66. The van der Waals surface area contributed by atoms with Crippen LogP contribution in [0.4, 0.5) is 5.69 Å². The lowest BCUT2D eigenvalue weighted by molar-refractivity contribution is 0.311. The highest BCUT2D eigenvalue weighted by molar-refractivity contribution is 5.48. The topological polar surface area (TPSA) is 21.3 Å². The monoisotopic (exact) mass is 283 g/mol. The fraction of sp³-hybridized carbons (Fsp3) is 0.368. The van der Waals surface area contributed by atoms with Gasteiger partial charge in [-0.3, -0.25) is 0 Å². The number of aryl methyl sites for hydroxylation is 1. The van der Waals surface area contributed by atoms with Gasteiger partial charge in [0.05, 0.1) is 6.61 Å². The van der Waals surface area contributed by atoms with Gasteiger partial charge in [-0.2, -0.15) is 0 Å². The van der Waals surface area contributed by atoms with E-state index in [0.29, 0.717) is 0 Å². The minimum atomic E-state index is 0.757. The Hall–Kier alpha value is -1.96. The van der Waals surface area contributed by atoms with E-state index in [9.17, 15) is 0 Å². The molecule has 2 aromatic carbocycles. The van der Waals surface area contributed by atoms with Crippen molar-refractivity contribution in [1.82, 2.24) is 0 Å². The third-order valence-electron chi connectivity index (χ3n) is 3.41. The van der Waals surface area contributed by atoms with E-state index in [1.165, 1.54) is 18.4 Å². The first kappa shape index (κ1) is 15.4. The van der Waals surface area contributed by atoms with Crippen molar-refractivity contribution in [3.63, 3.8) is 0 Å². The molecule has 0 heterocycles. The average Bonchev–Trinajstić information content (AvgIpc) is 2.53. The second-order valence-electron chi connectivity index (χ2n) is 5.25. The molecule has 0 aromatic heterocycles. The number of hydrogen-bond donors (Lipinski definition) is 1. The number of anilines is 1. The summed E-state index contributed by atoms with van der Waals surface area (Å²) in [6.45, 7) is 3.98. The fourth-order valence-corrected chi connectivity index (χ4v) is 2.22. The molecule has 0 saturated carbocycles. The third-order valence-corrected chi connectivity index (χ3v) is 3.41. The van der Waals surface area contributed by atoms with Crippen molar-refractivity contribution in [3.05, 3.63) is 60.2 Å². The van der Waals surface area contributed by atoms with Crippen LogP contribution in [0.3, 0.4) is 0 Å². The summed E-state index contributed by atoms with van der Waals surface area (Å²) in [5.41, 5.74) is 2.51. The molecule has 0 radical (unpaired) electrons. The van der Waals surface area contributed by atoms with Gasteiger partial charge in [-0.05, 0) is 37.0 Å². The molecule has 0 unspecified atom stereocenters. The van der Waals surface area contributed by atoms with E-state index in [1.54, 1.807) is 0 Å². The summed E-state index contributed by atoms with van der Waals surface area (Å²) in [6.07, 6.45) is 4.51. The summed E-state index contributed by atoms with van der Waals surface area (Å²) < 4.78 is 5.83. The Morgan fingerprint density at radius 1 is 0.952 bits per heavy atom. The van der Waals surface area contributed by atoms with E-state index in [0.717, 1.165) is 37.4 Å². The van der Waals surface area contributed by atoms with Gasteiger partial charge in [-0.25, -0.2) is 0 Å². The molecule has 0 saturated heterocycles. The highest BCUT2D eigenvalue weighted by Crippen LogP contribution is 2.17. The molecule has 0 spiro atoms. The van der Waals surface area contributed by atoms with E-state index < -0.39 is 0 Å². The molecule has 0 aliphatic heterocycles. The molecule has 0 aliphatic rings. The van der Waals surface area contributed by atoms with Gasteiger partial charge in [0.15, 0.2) is 0 Å². The first-order valence-corrected chi connectivity index (χ1v) is 7.89. The zero-order chi connectivity index (χ0) is 14.8. The van der Waals surface area contributed by atoms with Gasteiger partial charge in [0.1, 0.15) is 5.75 Å². The smallest absolute Gasteiger partial charge is 0.121 e. The normalized spacial score (nSPS) is 10.3. The Morgan fingerprint density at radius 2 is 1.81 bits per heavy atom. The highest BCUT2D eigenvalue weighted by atomic mass is 16.5. The second-order valence-corrected chi connectivity index (χ2v) is 5.25. The van der Waals surface area contributed by atoms with Crippen LogP contribution < -0.4 is 10.1 Å². The maximum atomic E-state index is 5.83. The zero-order valence-corrected chi connectivity index (χ0v) is 12.8. The lowest BCUT2D eigenvalue weighted by atomic mass is 10.1. The number of ether oxygens (including phenoxy) is 1. The van der Waals surface area contributed by atoms with Crippen molar-refractivity contribution in [1.29, 1.82) is 0 Å². The van der Waals surface area contributed by atoms with Crippen LogP contribution in [0.15, 0.2) is 54.6 Å². The number of hydrogen-bond acceptors (Lipinski definition) is 2. The predicted molar refractivity (Wildman–Crippen MR) is 90.1 cm³/mol. The molecule has 0 amide bonds. The molecule has 2 rings (SSSR count). The van der Waals surface area contributed by atoms with Crippen LogP contribution >= 0.6 is 0 Å². The molecular weight excluding hydrogens is 258 g/mol. The maximum absolute atomic E-state index is 5.83. The summed E-state index contributed by atoms with van der Waals surface area (Å²) in [6, 6.07) is 18.8. The minimum absolute atomic E-state index is 0.757. The number of rotatable bonds is 9. The molecule has 2 aromatic rings. The number of nitrogens with one attached hydrogen (secondary N) is 1. The summed E-state index contributed by atoms with van der Waals surface area (Å²) in [5, 5.41) is 3.42. The predicted octanol–water partition coefficient (Wildman–Crippen LogP) is 4.91. The molecule has 112 valence electrons. The minimum Gasteiger partial charge on any atom is -0.494 e. The molecule has 0 atom stereocenters. The van der Waals surface area contributed by atoms with Gasteiger partial charge in [0, 0.05) is 18.3 Å². The molecule has 0 fully saturated rings. The summed E-state index contributed by atoms with van der Waals surface area (Å²) in [4.78, 5) is 0. The van der Waals surface area contributed by atoms with E-state index in [1.807, 2.05) is 12.1 Å². The summed E-state index contributed by atoms with van der Waals surface area (Å²) >= 11 is 0. The molecule has 2 heteroatoms. The van der Waals surface area contributed by atoms with Gasteiger partial charge in [-0.15, -0.1) is 0 Å². The van der Waals surface area contributed by atoms with Gasteiger partial charge in [0.25, 0.3) is 0 Å². The lowest BCUT2D eigenvalue weighted by Crippen LogP contribution is -2.02. The zero-order valence-electron chi connectivity index (χ0n) is 12.8.